The molecule has 6 nitrogen and oxygen atoms in total. The molecular weight excluding hydrogens is 343 g/mol. The van der Waals surface area contributed by atoms with E-state index in [4.69, 9.17) is 23.2 Å². The zero-order valence-corrected chi connectivity index (χ0v) is 14.4. The van der Waals surface area contributed by atoms with Crippen molar-refractivity contribution in [3.8, 4) is 0 Å². The van der Waals surface area contributed by atoms with Crippen LogP contribution in [0.2, 0.25) is 10.0 Å². The molecule has 0 radical (unpaired) electrons. The lowest BCUT2D eigenvalue weighted by Crippen LogP contribution is -2.43. The summed E-state index contributed by atoms with van der Waals surface area (Å²) < 4.78 is 4.61. The van der Waals surface area contributed by atoms with Crippen LogP contribution in [-0.2, 0) is 20.7 Å². The maximum atomic E-state index is 12.3. The number of alkyl carbamates (subject to hydrolysis) is 1. The fourth-order valence-corrected chi connectivity index (χ4v) is 2.29. The van der Waals surface area contributed by atoms with Crippen molar-refractivity contribution in [2.24, 2.45) is 0 Å². The molecule has 1 N–H and O–H groups in total. The molecule has 1 aromatic carbocycles. The van der Waals surface area contributed by atoms with Crippen LogP contribution < -0.4 is 5.32 Å². The van der Waals surface area contributed by atoms with Crippen LogP contribution >= 0.6 is 23.2 Å². The molecular formula is C15H18Cl2N2O4. The average Bonchev–Trinajstić information content (AvgIpc) is 2.47. The summed E-state index contributed by atoms with van der Waals surface area (Å²) >= 11 is 11.8. The van der Waals surface area contributed by atoms with Crippen molar-refractivity contribution in [2.45, 2.75) is 20.3 Å². The summed E-state index contributed by atoms with van der Waals surface area (Å²) in [6, 6.07) is 4.85. The predicted octanol–water partition coefficient (Wildman–Crippen LogP) is 2.66. The topological polar surface area (TPSA) is 75.7 Å². The Labute approximate surface area is 144 Å². The van der Waals surface area contributed by atoms with Crippen LogP contribution in [0.25, 0.3) is 0 Å². The number of halogens is 2. The van der Waals surface area contributed by atoms with E-state index in [9.17, 15) is 14.4 Å². The fraction of sp³-hybridized carbons (Fsp3) is 0.400. The molecule has 1 rings (SSSR count). The number of hydrogen-bond acceptors (Lipinski definition) is 4. The van der Waals surface area contributed by atoms with Crippen LogP contribution in [0.5, 0.6) is 0 Å². The van der Waals surface area contributed by atoms with Gasteiger partial charge in [0, 0.05) is 16.6 Å². The van der Waals surface area contributed by atoms with E-state index >= 15 is 0 Å². The molecule has 8 heteroatoms. The SMILES string of the molecule is CCOC(=O)NC(=O)CN(CC)C(=O)Cc1ccc(Cl)cc1Cl. The third kappa shape index (κ3) is 6.46. The fourth-order valence-electron chi connectivity index (χ4n) is 1.81. The van der Waals surface area contributed by atoms with Gasteiger partial charge in [0.05, 0.1) is 13.0 Å². The van der Waals surface area contributed by atoms with Crippen molar-refractivity contribution in [2.75, 3.05) is 19.7 Å². The van der Waals surface area contributed by atoms with Gasteiger partial charge in [-0.1, -0.05) is 29.3 Å². The van der Waals surface area contributed by atoms with Gasteiger partial charge < -0.3 is 9.64 Å². The summed E-state index contributed by atoms with van der Waals surface area (Å²) in [6.45, 7) is 3.60. The summed E-state index contributed by atoms with van der Waals surface area (Å²) in [4.78, 5) is 36.5. The first kappa shape index (κ1) is 19.3. The van der Waals surface area contributed by atoms with Crippen LogP contribution in [0.4, 0.5) is 4.79 Å². The standard InChI is InChI=1S/C15H18Cl2N2O4/c1-3-19(9-13(20)18-15(22)23-4-2)14(21)7-10-5-6-11(16)8-12(10)17/h5-6,8H,3-4,7,9H2,1-2H3,(H,18,20,22). The largest absolute Gasteiger partial charge is 0.450 e. The number of imide groups is 1. The van der Waals surface area contributed by atoms with Gasteiger partial charge in [0.1, 0.15) is 6.54 Å². The Morgan fingerprint density at radius 1 is 1.22 bits per heavy atom. The first-order valence-corrected chi connectivity index (χ1v) is 7.81. The van der Waals surface area contributed by atoms with Gasteiger partial charge in [0.15, 0.2) is 0 Å². The maximum Gasteiger partial charge on any atom is 0.413 e. The van der Waals surface area contributed by atoms with Crippen molar-refractivity contribution >= 4 is 41.1 Å². The van der Waals surface area contributed by atoms with Gasteiger partial charge in [-0.25, -0.2) is 4.79 Å². The van der Waals surface area contributed by atoms with Gasteiger partial charge in [0.2, 0.25) is 11.8 Å². The molecule has 0 unspecified atom stereocenters. The first-order chi connectivity index (χ1) is 10.9. The molecule has 126 valence electrons. The molecule has 0 aliphatic carbocycles. The third-order valence-corrected chi connectivity index (χ3v) is 3.53. The van der Waals surface area contributed by atoms with Crippen molar-refractivity contribution in [3.63, 3.8) is 0 Å². The second-order valence-electron chi connectivity index (χ2n) is 4.59. The molecule has 0 atom stereocenters. The van der Waals surface area contributed by atoms with Crippen LogP contribution in [-0.4, -0.2) is 42.5 Å². The number of nitrogens with zero attached hydrogens (tertiary/aromatic N) is 1. The summed E-state index contributed by atoms with van der Waals surface area (Å²) in [5, 5.41) is 2.91. The smallest absolute Gasteiger partial charge is 0.413 e. The second kappa shape index (κ2) is 9.37. The van der Waals surface area contributed by atoms with Crippen molar-refractivity contribution in [1.29, 1.82) is 0 Å². The minimum atomic E-state index is -0.832. The Morgan fingerprint density at radius 3 is 2.48 bits per heavy atom. The Bertz CT molecular complexity index is 593. The lowest BCUT2D eigenvalue weighted by Gasteiger charge is -2.20. The van der Waals surface area contributed by atoms with Gasteiger partial charge in [-0.2, -0.15) is 0 Å². The number of rotatable bonds is 6. The van der Waals surface area contributed by atoms with Crippen molar-refractivity contribution < 1.29 is 19.1 Å². The zero-order chi connectivity index (χ0) is 17.4. The monoisotopic (exact) mass is 360 g/mol. The second-order valence-corrected chi connectivity index (χ2v) is 5.43. The number of nitrogens with one attached hydrogen (secondary N) is 1. The highest BCUT2D eigenvalue weighted by Crippen LogP contribution is 2.21. The Hall–Kier alpha value is -1.79. The number of likely N-dealkylation sites (N-methyl/N-ethyl adjacent to an activating group) is 1. The third-order valence-electron chi connectivity index (χ3n) is 2.94. The van der Waals surface area contributed by atoms with Gasteiger partial charge in [0.25, 0.3) is 0 Å². The van der Waals surface area contributed by atoms with E-state index in [2.05, 4.69) is 4.74 Å². The summed E-state index contributed by atoms with van der Waals surface area (Å²) in [5.41, 5.74) is 0.616. The number of carbonyl (C=O) groups is 3. The minimum absolute atomic E-state index is 0.0382. The number of amides is 3. The molecule has 0 spiro atoms. The van der Waals surface area contributed by atoms with Gasteiger partial charge in [-0.05, 0) is 31.5 Å². The van der Waals surface area contributed by atoms with E-state index in [1.54, 1.807) is 32.0 Å². The number of benzene rings is 1. The van der Waals surface area contributed by atoms with E-state index in [-0.39, 0.29) is 25.5 Å². The van der Waals surface area contributed by atoms with Crippen LogP contribution in [0, 0.1) is 0 Å². The molecule has 0 aromatic heterocycles. The Balaban J connectivity index is 2.64. The normalized spacial score (nSPS) is 10.1. The molecule has 0 aliphatic heterocycles. The highest BCUT2D eigenvalue weighted by Gasteiger charge is 2.18. The van der Waals surface area contributed by atoms with E-state index in [1.165, 1.54) is 4.90 Å². The van der Waals surface area contributed by atoms with Crippen LogP contribution in [0.15, 0.2) is 18.2 Å². The van der Waals surface area contributed by atoms with Crippen molar-refractivity contribution in [3.05, 3.63) is 33.8 Å². The minimum Gasteiger partial charge on any atom is -0.450 e. The van der Waals surface area contributed by atoms with E-state index in [0.717, 1.165) is 0 Å². The Kier molecular flexibility index (Phi) is 7.85. The molecule has 0 bridgehead atoms. The molecule has 3 amide bonds. The quantitative estimate of drug-likeness (QED) is 0.845. The number of hydrogen-bond donors (Lipinski definition) is 1. The molecule has 0 fully saturated rings. The lowest BCUT2D eigenvalue weighted by molar-refractivity contribution is -0.135. The molecule has 0 heterocycles. The van der Waals surface area contributed by atoms with Gasteiger partial charge >= 0.3 is 6.09 Å². The Morgan fingerprint density at radius 2 is 1.91 bits per heavy atom. The molecule has 0 aliphatic rings. The van der Waals surface area contributed by atoms with Gasteiger partial charge in [-0.3, -0.25) is 14.9 Å². The highest BCUT2D eigenvalue weighted by molar-refractivity contribution is 6.35. The summed E-state index contributed by atoms with van der Waals surface area (Å²) in [5.74, 6) is -0.892. The summed E-state index contributed by atoms with van der Waals surface area (Å²) in [6.07, 6.45) is -0.793. The first-order valence-electron chi connectivity index (χ1n) is 7.05. The molecule has 0 saturated carbocycles. The van der Waals surface area contributed by atoms with Gasteiger partial charge in [-0.15, -0.1) is 0 Å². The van der Waals surface area contributed by atoms with E-state index in [0.29, 0.717) is 22.2 Å². The maximum absolute atomic E-state index is 12.3. The summed E-state index contributed by atoms with van der Waals surface area (Å²) in [7, 11) is 0. The molecule has 1 aromatic rings. The predicted molar refractivity (Wildman–Crippen MR) is 87.6 cm³/mol. The molecule has 0 saturated heterocycles. The lowest BCUT2D eigenvalue weighted by atomic mass is 10.1. The zero-order valence-electron chi connectivity index (χ0n) is 12.9. The van der Waals surface area contributed by atoms with Crippen LogP contribution in [0.1, 0.15) is 19.4 Å². The van der Waals surface area contributed by atoms with Crippen molar-refractivity contribution in [1.82, 2.24) is 10.2 Å². The molecule has 23 heavy (non-hydrogen) atoms. The number of carbonyl (C=O) groups excluding carboxylic acids is 3. The number of ether oxygens (including phenoxy) is 1. The average molecular weight is 361 g/mol. The van der Waals surface area contributed by atoms with E-state index in [1.807, 2.05) is 5.32 Å². The highest BCUT2D eigenvalue weighted by atomic mass is 35.5. The van der Waals surface area contributed by atoms with E-state index < -0.39 is 12.0 Å². The van der Waals surface area contributed by atoms with Crippen LogP contribution in [0.3, 0.4) is 0 Å².